The van der Waals surface area contributed by atoms with Gasteiger partial charge in [0.15, 0.2) is 0 Å². The smallest absolute Gasteiger partial charge is 0.289 e. The Labute approximate surface area is 196 Å². The molecule has 2 N–H and O–H groups in total. The summed E-state index contributed by atoms with van der Waals surface area (Å²) in [6, 6.07) is 24.0. The van der Waals surface area contributed by atoms with Crippen molar-refractivity contribution in [1.29, 1.82) is 0 Å². The molecule has 0 aliphatic heterocycles. The lowest BCUT2D eigenvalue weighted by Crippen LogP contribution is -2.17. The molecule has 0 fully saturated rings. The average Bonchev–Trinajstić information content (AvgIpc) is 3.35. The number of halogens is 1. The maximum atomic E-state index is 12.3. The molecule has 0 unspecified atom stereocenters. The van der Waals surface area contributed by atoms with Crippen LogP contribution < -0.4 is 14.9 Å². The number of benzene rings is 3. The van der Waals surface area contributed by atoms with E-state index in [4.69, 9.17) is 21.1 Å². The average molecular weight is 461 g/mol. The molecule has 0 saturated carbocycles. The minimum absolute atomic E-state index is 0.302. The highest BCUT2D eigenvalue weighted by molar-refractivity contribution is 6.31. The zero-order chi connectivity index (χ0) is 23.0. The normalized spacial score (nSPS) is 10.8. The Morgan fingerprint density at radius 3 is 2.52 bits per heavy atom. The zero-order valence-corrected chi connectivity index (χ0v) is 18.5. The molecule has 0 aliphatic carbocycles. The Balaban J connectivity index is 1.33. The van der Waals surface area contributed by atoms with Crippen LogP contribution in [0.4, 0.5) is 0 Å². The van der Waals surface area contributed by atoms with Crippen LogP contribution in [0.25, 0.3) is 11.3 Å². The third-order valence-corrected chi connectivity index (χ3v) is 5.19. The van der Waals surface area contributed by atoms with E-state index in [2.05, 4.69) is 20.7 Å². The summed E-state index contributed by atoms with van der Waals surface area (Å²) in [5, 5.41) is 11.6. The van der Waals surface area contributed by atoms with Crippen LogP contribution in [0.1, 0.15) is 21.6 Å². The molecule has 4 rings (SSSR count). The number of ether oxygens (including phenoxy) is 2. The summed E-state index contributed by atoms with van der Waals surface area (Å²) in [5.74, 6) is 1.07. The molecule has 4 aromatic rings. The first-order valence-corrected chi connectivity index (χ1v) is 10.5. The number of carbonyl (C=O) groups excluding carboxylic acids is 1. The molecular formula is C25H21ClN4O3. The molecule has 7 nitrogen and oxygen atoms in total. The maximum absolute atomic E-state index is 12.3. The number of carbonyl (C=O) groups is 1. The molecule has 1 heterocycles. The SMILES string of the molecule is COc1ccc(/C=N/NC(=O)c2cc(-c3ccc(OCc4ccccc4Cl)cc3)n[nH]2)cc1. The van der Waals surface area contributed by atoms with Crippen molar-refractivity contribution in [2.75, 3.05) is 7.11 Å². The highest BCUT2D eigenvalue weighted by atomic mass is 35.5. The van der Waals surface area contributed by atoms with Crippen molar-refractivity contribution >= 4 is 23.7 Å². The predicted octanol–water partition coefficient (Wildman–Crippen LogP) is 5.08. The Morgan fingerprint density at radius 1 is 1.06 bits per heavy atom. The fourth-order valence-electron chi connectivity index (χ4n) is 3.00. The number of hydrogen-bond acceptors (Lipinski definition) is 5. The van der Waals surface area contributed by atoms with Crippen LogP contribution in [0.2, 0.25) is 5.02 Å². The standard InChI is InChI=1S/C25H21ClN4O3/c1-32-20-10-6-17(7-11-20)15-27-30-25(31)24-14-23(28-29-24)18-8-12-21(13-9-18)33-16-19-4-2-3-5-22(19)26/h2-15H,16H2,1H3,(H,28,29)(H,30,31)/b27-15+. The van der Waals surface area contributed by atoms with Gasteiger partial charge in [-0.3, -0.25) is 9.89 Å². The summed E-state index contributed by atoms with van der Waals surface area (Å²) in [4.78, 5) is 12.3. The molecular weight excluding hydrogens is 440 g/mol. The lowest BCUT2D eigenvalue weighted by molar-refractivity contribution is 0.0950. The fraction of sp³-hybridized carbons (Fsp3) is 0.0800. The summed E-state index contributed by atoms with van der Waals surface area (Å²) >= 11 is 6.16. The lowest BCUT2D eigenvalue weighted by Gasteiger charge is -2.08. The number of nitrogens with one attached hydrogen (secondary N) is 2. The number of methoxy groups -OCH3 is 1. The summed E-state index contributed by atoms with van der Waals surface area (Å²) in [7, 11) is 1.60. The van der Waals surface area contributed by atoms with Gasteiger partial charge in [-0.15, -0.1) is 0 Å². The van der Waals surface area contributed by atoms with Gasteiger partial charge in [0.2, 0.25) is 0 Å². The first kappa shape index (κ1) is 22.1. The number of rotatable bonds is 8. The van der Waals surface area contributed by atoms with Crippen LogP contribution in [0, 0.1) is 0 Å². The molecule has 1 aromatic heterocycles. The number of hydrogen-bond donors (Lipinski definition) is 2. The van der Waals surface area contributed by atoms with Gasteiger partial charge < -0.3 is 9.47 Å². The molecule has 1 amide bonds. The van der Waals surface area contributed by atoms with Crippen molar-refractivity contribution in [3.8, 4) is 22.8 Å². The maximum Gasteiger partial charge on any atom is 0.289 e. The summed E-state index contributed by atoms with van der Waals surface area (Å²) in [6.07, 6.45) is 1.55. The van der Waals surface area contributed by atoms with Gasteiger partial charge in [-0.1, -0.05) is 29.8 Å². The van der Waals surface area contributed by atoms with Crippen molar-refractivity contribution in [3.05, 3.63) is 101 Å². The van der Waals surface area contributed by atoms with E-state index in [1.54, 1.807) is 19.4 Å². The van der Waals surface area contributed by atoms with Crippen LogP contribution in [0.5, 0.6) is 11.5 Å². The number of amides is 1. The van der Waals surface area contributed by atoms with Crippen LogP contribution in [-0.2, 0) is 6.61 Å². The molecule has 0 bridgehead atoms. The van der Waals surface area contributed by atoms with Crippen molar-refractivity contribution < 1.29 is 14.3 Å². The van der Waals surface area contributed by atoms with E-state index in [1.165, 1.54) is 0 Å². The lowest BCUT2D eigenvalue weighted by atomic mass is 10.1. The van der Waals surface area contributed by atoms with E-state index in [0.29, 0.717) is 28.8 Å². The highest BCUT2D eigenvalue weighted by Gasteiger charge is 2.11. The summed E-state index contributed by atoms with van der Waals surface area (Å²) < 4.78 is 10.9. The van der Waals surface area contributed by atoms with Crippen LogP contribution in [0.15, 0.2) is 84.0 Å². The van der Waals surface area contributed by atoms with E-state index < -0.39 is 5.91 Å². The minimum Gasteiger partial charge on any atom is -0.497 e. The molecule has 33 heavy (non-hydrogen) atoms. The number of aromatic nitrogens is 2. The fourth-order valence-corrected chi connectivity index (χ4v) is 3.19. The van der Waals surface area contributed by atoms with E-state index in [9.17, 15) is 4.79 Å². The highest BCUT2D eigenvalue weighted by Crippen LogP contribution is 2.23. The first-order chi connectivity index (χ1) is 16.1. The molecule has 166 valence electrons. The molecule has 3 aromatic carbocycles. The molecule has 0 aliphatic rings. The van der Waals surface area contributed by atoms with Gasteiger partial charge >= 0.3 is 0 Å². The van der Waals surface area contributed by atoms with E-state index in [1.807, 2.05) is 72.8 Å². The van der Waals surface area contributed by atoms with Gasteiger partial charge in [-0.05, 0) is 66.2 Å². The summed E-state index contributed by atoms with van der Waals surface area (Å²) in [5.41, 5.74) is 6.02. The molecule has 8 heteroatoms. The third-order valence-electron chi connectivity index (χ3n) is 4.82. The van der Waals surface area contributed by atoms with Crippen molar-refractivity contribution in [1.82, 2.24) is 15.6 Å². The van der Waals surface area contributed by atoms with Gasteiger partial charge in [0.25, 0.3) is 5.91 Å². The second-order valence-corrected chi connectivity index (χ2v) is 7.45. The van der Waals surface area contributed by atoms with Gasteiger partial charge in [-0.25, -0.2) is 5.43 Å². The second-order valence-electron chi connectivity index (χ2n) is 7.04. The number of aromatic amines is 1. The Bertz CT molecular complexity index is 1250. The van der Waals surface area contributed by atoms with Crippen LogP contribution >= 0.6 is 11.6 Å². The van der Waals surface area contributed by atoms with Gasteiger partial charge in [0.05, 0.1) is 19.0 Å². The molecule has 0 spiro atoms. The Morgan fingerprint density at radius 2 is 1.79 bits per heavy atom. The molecule has 0 saturated heterocycles. The van der Waals surface area contributed by atoms with E-state index in [0.717, 1.165) is 22.4 Å². The number of H-pyrrole nitrogens is 1. The number of hydrazone groups is 1. The Kier molecular flexibility index (Phi) is 7.02. The van der Waals surface area contributed by atoms with Gasteiger partial charge in [0, 0.05) is 16.1 Å². The van der Waals surface area contributed by atoms with Crippen molar-refractivity contribution in [2.45, 2.75) is 6.61 Å². The Hall–Kier alpha value is -4.10. The van der Waals surface area contributed by atoms with Gasteiger partial charge in [0.1, 0.15) is 23.8 Å². The van der Waals surface area contributed by atoms with Gasteiger partial charge in [-0.2, -0.15) is 10.2 Å². The topological polar surface area (TPSA) is 88.6 Å². The number of nitrogens with zero attached hydrogens (tertiary/aromatic N) is 2. The van der Waals surface area contributed by atoms with Crippen LogP contribution in [0.3, 0.4) is 0 Å². The van der Waals surface area contributed by atoms with E-state index >= 15 is 0 Å². The predicted molar refractivity (Wildman–Crippen MR) is 128 cm³/mol. The quantitative estimate of drug-likeness (QED) is 0.283. The molecule has 0 radical (unpaired) electrons. The first-order valence-electron chi connectivity index (χ1n) is 10.1. The monoisotopic (exact) mass is 460 g/mol. The van der Waals surface area contributed by atoms with Crippen molar-refractivity contribution in [3.63, 3.8) is 0 Å². The summed E-state index contributed by atoms with van der Waals surface area (Å²) in [6.45, 7) is 0.378. The van der Waals surface area contributed by atoms with E-state index in [-0.39, 0.29) is 0 Å². The third kappa shape index (κ3) is 5.78. The molecule has 0 atom stereocenters. The second kappa shape index (κ2) is 10.5. The van der Waals surface area contributed by atoms with Crippen LogP contribution in [-0.4, -0.2) is 29.4 Å². The minimum atomic E-state index is -0.391. The largest absolute Gasteiger partial charge is 0.497 e. The van der Waals surface area contributed by atoms with Crippen molar-refractivity contribution in [2.24, 2.45) is 5.10 Å². The zero-order valence-electron chi connectivity index (χ0n) is 17.8.